The molecule has 0 aliphatic carbocycles. The molecule has 23 heavy (non-hydrogen) atoms. The normalized spacial score (nSPS) is 11.5. The van der Waals surface area contributed by atoms with Gasteiger partial charge in [0.2, 0.25) is 5.88 Å². The van der Waals surface area contributed by atoms with Gasteiger partial charge in [0.05, 0.1) is 32.9 Å². The molecule has 0 aliphatic heterocycles. The molecule has 2 rings (SSSR count). The lowest BCUT2D eigenvalue weighted by atomic mass is 10.2. The maximum Gasteiger partial charge on any atom is 0.264 e. The molecule has 0 unspecified atom stereocenters. The Morgan fingerprint density at radius 2 is 2.00 bits per heavy atom. The second-order valence-electron chi connectivity index (χ2n) is 5.66. The number of nitrogens with zero attached hydrogens (tertiary/aromatic N) is 2. The van der Waals surface area contributed by atoms with E-state index in [0.717, 1.165) is 12.1 Å². The molecule has 0 saturated carbocycles. The minimum absolute atomic E-state index is 0.105. The Kier molecular flexibility index (Phi) is 5.46. The Morgan fingerprint density at radius 3 is 2.61 bits per heavy atom. The third-order valence-electron chi connectivity index (χ3n) is 3.37. The van der Waals surface area contributed by atoms with Gasteiger partial charge < -0.3 is 10.0 Å². The molecular weight excluding hydrogens is 312 g/mol. The molecule has 0 aliphatic rings. The summed E-state index contributed by atoms with van der Waals surface area (Å²) < 4.78 is 1.57. The molecule has 6 nitrogen and oxygen atoms in total. The second-order valence-corrected chi connectivity index (χ2v) is 6.05. The van der Waals surface area contributed by atoms with Crippen molar-refractivity contribution in [3.63, 3.8) is 0 Å². The van der Waals surface area contributed by atoms with Gasteiger partial charge in [-0.05, 0) is 31.3 Å². The first-order chi connectivity index (χ1) is 10.9. The summed E-state index contributed by atoms with van der Waals surface area (Å²) in [6.07, 6.45) is 1.40. The maximum atomic E-state index is 12.0. The molecule has 7 heteroatoms. The number of aromatic nitrogens is 2. The highest BCUT2D eigenvalue weighted by molar-refractivity contribution is 7.71. The molecule has 1 aromatic heterocycles. The molecule has 122 valence electrons. The van der Waals surface area contributed by atoms with Crippen LogP contribution in [0.3, 0.4) is 0 Å². The predicted molar refractivity (Wildman–Crippen MR) is 93.8 cm³/mol. The summed E-state index contributed by atoms with van der Waals surface area (Å²) in [5.74, 6) is -0.205. The monoisotopic (exact) mass is 333 g/mol. The van der Waals surface area contributed by atoms with Crippen molar-refractivity contribution in [3.05, 3.63) is 50.5 Å². The number of aromatic amines is 1. The predicted octanol–water partition coefficient (Wildman–Crippen LogP) is 0.473. The highest BCUT2D eigenvalue weighted by Crippen LogP contribution is 2.18. The minimum Gasteiger partial charge on any atom is -0.494 e. The number of aromatic hydroxyl groups is 1. The molecule has 0 amide bonds. The number of nitrogens with one attached hydrogen (secondary N) is 2. The van der Waals surface area contributed by atoms with Crippen LogP contribution in [0.25, 0.3) is 5.69 Å². The molecule has 0 saturated heterocycles. The number of likely N-dealkylation sites (N-methyl/N-ethyl adjacent to an activating group) is 1. The zero-order valence-corrected chi connectivity index (χ0v) is 14.3. The Labute approximate surface area is 139 Å². The molecule has 3 N–H and O–H groups in total. The molecule has 2 aromatic rings. The number of aryl methyl sites for hydroxylation is 1. The first-order valence-corrected chi connectivity index (χ1v) is 7.75. The number of aliphatic imine (C=N–C) groups is 1. The van der Waals surface area contributed by atoms with Gasteiger partial charge in [-0.1, -0.05) is 17.7 Å². The van der Waals surface area contributed by atoms with Crippen molar-refractivity contribution in [2.24, 2.45) is 4.99 Å². The zero-order chi connectivity index (χ0) is 17.0. The molecule has 1 heterocycles. The van der Waals surface area contributed by atoms with Crippen molar-refractivity contribution in [1.82, 2.24) is 9.55 Å². The number of hydrogen-bond donors (Lipinski definition) is 3. The van der Waals surface area contributed by atoms with Crippen LogP contribution in [0.5, 0.6) is 5.88 Å². The molecule has 0 spiro atoms. The van der Waals surface area contributed by atoms with Crippen LogP contribution in [0.4, 0.5) is 0 Å². The van der Waals surface area contributed by atoms with E-state index in [9.17, 15) is 9.90 Å². The van der Waals surface area contributed by atoms with E-state index in [1.807, 2.05) is 45.3 Å². The molecule has 0 bridgehead atoms. The Morgan fingerprint density at radius 1 is 1.35 bits per heavy atom. The van der Waals surface area contributed by atoms with E-state index >= 15 is 0 Å². The number of H-pyrrole nitrogens is 1. The molecule has 1 aromatic carbocycles. The van der Waals surface area contributed by atoms with E-state index in [1.165, 1.54) is 15.7 Å². The first-order valence-electron chi connectivity index (χ1n) is 7.34. The summed E-state index contributed by atoms with van der Waals surface area (Å²) in [6, 6.07) is 7.49. The van der Waals surface area contributed by atoms with Crippen molar-refractivity contribution in [3.8, 4) is 11.6 Å². The number of quaternary nitrogens is 1. The van der Waals surface area contributed by atoms with Crippen LogP contribution in [0.2, 0.25) is 0 Å². The van der Waals surface area contributed by atoms with Crippen LogP contribution in [0.15, 0.2) is 34.1 Å². The van der Waals surface area contributed by atoms with Crippen LogP contribution in [-0.2, 0) is 0 Å². The quantitative estimate of drug-likeness (QED) is 0.550. The summed E-state index contributed by atoms with van der Waals surface area (Å²) in [5.41, 5.74) is 1.43. The summed E-state index contributed by atoms with van der Waals surface area (Å²) in [7, 11) is 4.05. The lowest BCUT2D eigenvalue weighted by Crippen LogP contribution is -3.06. The fourth-order valence-corrected chi connectivity index (χ4v) is 2.32. The van der Waals surface area contributed by atoms with Crippen molar-refractivity contribution in [2.75, 3.05) is 27.2 Å². The summed E-state index contributed by atoms with van der Waals surface area (Å²) in [6.45, 7) is 3.38. The van der Waals surface area contributed by atoms with E-state index in [-0.39, 0.29) is 16.2 Å². The molecular formula is C16H21N4O2S+. The lowest BCUT2D eigenvalue weighted by Gasteiger charge is -2.11. The third-order valence-corrected chi connectivity index (χ3v) is 3.66. The van der Waals surface area contributed by atoms with Crippen molar-refractivity contribution in [2.45, 2.75) is 6.92 Å². The van der Waals surface area contributed by atoms with Gasteiger partial charge in [-0.15, -0.1) is 0 Å². The number of hydrogen-bond acceptors (Lipinski definition) is 4. The summed E-state index contributed by atoms with van der Waals surface area (Å²) >= 11 is 5.17. The van der Waals surface area contributed by atoms with Gasteiger partial charge in [0, 0.05) is 6.21 Å². The fraction of sp³-hybridized carbons (Fsp3) is 0.312. The fourth-order valence-electron chi connectivity index (χ4n) is 2.03. The van der Waals surface area contributed by atoms with Gasteiger partial charge >= 0.3 is 0 Å². The van der Waals surface area contributed by atoms with Gasteiger partial charge in [-0.3, -0.25) is 19.3 Å². The maximum absolute atomic E-state index is 12.0. The van der Waals surface area contributed by atoms with Crippen molar-refractivity contribution < 1.29 is 10.0 Å². The number of rotatable bonds is 5. The largest absolute Gasteiger partial charge is 0.494 e. The van der Waals surface area contributed by atoms with E-state index in [1.54, 1.807) is 0 Å². The van der Waals surface area contributed by atoms with E-state index < -0.39 is 5.56 Å². The van der Waals surface area contributed by atoms with Gasteiger partial charge in [0.1, 0.15) is 5.56 Å². The molecule has 0 atom stereocenters. The zero-order valence-electron chi connectivity index (χ0n) is 13.5. The van der Waals surface area contributed by atoms with Crippen LogP contribution in [0, 0.1) is 11.7 Å². The second kappa shape index (κ2) is 7.34. The van der Waals surface area contributed by atoms with Crippen molar-refractivity contribution in [1.29, 1.82) is 0 Å². The minimum atomic E-state index is -0.447. The van der Waals surface area contributed by atoms with E-state index in [2.05, 4.69) is 9.98 Å². The molecule has 0 radical (unpaired) electrons. The SMILES string of the molecule is Cc1ccc(-n2c(O)c(C=NCC[NH+](C)C)c(=O)[nH]c2=S)cc1. The van der Waals surface area contributed by atoms with E-state index in [4.69, 9.17) is 12.2 Å². The average molecular weight is 333 g/mol. The Hall–Kier alpha value is -2.25. The van der Waals surface area contributed by atoms with Gasteiger partial charge in [0.25, 0.3) is 5.56 Å². The Bertz CT molecular complexity index is 819. The highest BCUT2D eigenvalue weighted by atomic mass is 32.1. The van der Waals surface area contributed by atoms with Crippen LogP contribution in [0.1, 0.15) is 11.1 Å². The summed E-state index contributed by atoms with van der Waals surface area (Å²) in [5, 5.41) is 10.5. The standard InChI is InChI=1S/C16H20N4O2S/c1-11-4-6-12(7-5-11)20-15(22)13(14(21)18-16(20)23)10-17-8-9-19(2)3/h4-7,10,22H,8-9H2,1-3H3,(H,18,21,23)/p+1. The smallest absolute Gasteiger partial charge is 0.264 e. The highest BCUT2D eigenvalue weighted by Gasteiger charge is 2.12. The van der Waals surface area contributed by atoms with Crippen molar-refractivity contribution >= 4 is 18.4 Å². The third kappa shape index (κ3) is 4.14. The summed E-state index contributed by atoms with van der Waals surface area (Å²) in [4.78, 5) is 20.1. The first kappa shape index (κ1) is 17.1. The average Bonchev–Trinajstić information content (AvgIpc) is 2.47. The molecule has 0 fully saturated rings. The lowest BCUT2D eigenvalue weighted by molar-refractivity contribution is -0.856. The topological polar surface area (TPSA) is 74.8 Å². The van der Waals surface area contributed by atoms with Crippen LogP contribution < -0.4 is 10.5 Å². The Balaban J connectivity index is 2.45. The van der Waals surface area contributed by atoms with Gasteiger partial charge in [-0.25, -0.2) is 0 Å². The van der Waals surface area contributed by atoms with Crippen LogP contribution in [-0.4, -0.2) is 48.1 Å². The number of benzene rings is 1. The van der Waals surface area contributed by atoms with Crippen LogP contribution >= 0.6 is 12.2 Å². The van der Waals surface area contributed by atoms with Gasteiger partial charge in [0.15, 0.2) is 4.77 Å². The van der Waals surface area contributed by atoms with Gasteiger partial charge in [-0.2, -0.15) is 0 Å². The van der Waals surface area contributed by atoms with E-state index in [0.29, 0.717) is 12.2 Å².